The van der Waals surface area contributed by atoms with Crippen LogP contribution in [0.2, 0.25) is 0 Å². The van der Waals surface area contributed by atoms with Crippen LogP contribution in [0.4, 0.5) is 13.2 Å². The maximum atomic E-state index is 12.9. The molecular weight excluding hydrogens is 403 g/mol. The number of nitrogens with one attached hydrogen (secondary N) is 1. The van der Waals surface area contributed by atoms with E-state index in [2.05, 4.69) is 15.3 Å². The molecule has 3 aromatic heterocycles. The van der Waals surface area contributed by atoms with E-state index in [9.17, 15) is 18.0 Å². The molecule has 0 saturated heterocycles. The monoisotopic (exact) mass is 421 g/mol. The molecule has 0 aliphatic heterocycles. The van der Waals surface area contributed by atoms with E-state index in [1.54, 1.807) is 19.2 Å². The van der Waals surface area contributed by atoms with E-state index in [0.717, 1.165) is 23.0 Å². The van der Waals surface area contributed by atoms with Crippen molar-refractivity contribution in [2.75, 3.05) is 6.61 Å². The van der Waals surface area contributed by atoms with Crippen molar-refractivity contribution in [1.29, 1.82) is 0 Å². The zero-order chi connectivity index (χ0) is 20.6. The SMILES string of the molecule is Cc1c(C(=O)NCc2ccc(OCC3CC3)nc2)sc2nc(C(F)(F)F)ccc12. The maximum Gasteiger partial charge on any atom is 0.433 e. The standard InChI is InChI=1S/C20H18F3N3O2S/c1-11-14-5-6-15(20(21,22)23)26-19(14)29-17(11)18(27)25-9-13-4-7-16(24-8-13)28-10-12-2-3-12/h4-8,12H,2-3,9-10H2,1H3,(H,25,27). The number of alkyl halides is 3. The van der Waals surface area contributed by atoms with Gasteiger partial charge in [0.15, 0.2) is 0 Å². The average molecular weight is 421 g/mol. The lowest BCUT2D eigenvalue weighted by Gasteiger charge is -2.07. The number of pyridine rings is 2. The van der Waals surface area contributed by atoms with Crippen molar-refractivity contribution in [3.63, 3.8) is 0 Å². The molecule has 0 aromatic carbocycles. The normalized spacial score (nSPS) is 14.2. The molecule has 0 bridgehead atoms. The number of aromatic nitrogens is 2. The summed E-state index contributed by atoms with van der Waals surface area (Å²) in [5, 5.41) is 3.33. The van der Waals surface area contributed by atoms with Gasteiger partial charge >= 0.3 is 6.18 Å². The Balaban J connectivity index is 1.42. The third kappa shape index (κ3) is 4.50. The average Bonchev–Trinajstić information content (AvgIpc) is 3.47. The van der Waals surface area contributed by atoms with Crippen molar-refractivity contribution >= 4 is 27.5 Å². The molecule has 29 heavy (non-hydrogen) atoms. The number of rotatable bonds is 6. The Kier molecular flexibility index (Phi) is 5.16. The molecule has 0 atom stereocenters. The summed E-state index contributed by atoms with van der Waals surface area (Å²) in [7, 11) is 0. The number of amides is 1. The second-order valence-corrected chi connectivity index (χ2v) is 8.04. The number of fused-ring (bicyclic) bond motifs is 1. The van der Waals surface area contributed by atoms with Crippen molar-refractivity contribution < 1.29 is 22.7 Å². The lowest BCUT2D eigenvalue weighted by Crippen LogP contribution is -2.22. The predicted molar refractivity (Wildman–Crippen MR) is 103 cm³/mol. The summed E-state index contributed by atoms with van der Waals surface area (Å²) in [5.41, 5.74) is 0.451. The first-order valence-electron chi connectivity index (χ1n) is 9.14. The summed E-state index contributed by atoms with van der Waals surface area (Å²) < 4.78 is 44.2. The number of carbonyl (C=O) groups excluding carboxylic acids is 1. The van der Waals surface area contributed by atoms with Gasteiger partial charge in [-0.3, -0.25) is 4.79 Å². The Morgan fingerprint density at radius 2 is 2.07 bits per heavy atom. The molecule has 1 amide bonds. The summed E-state index contributed by atoms with van der Waals surface area (Å²) in [6.07, 6.45) is -0.476. The van der Waals surface area contributed by atoms with Crippen LogP contribution in [0.1, 0.15) is 39.3 Å². The number of aryl methyl sites for hydroxylation is 1. The lowest BCUT2D eigenvalue weighted by atomic mass is 10.1. The number of hydrogen-bond acceptors (Lipinski definition) is 5. The summed E-state index contributed by atoms with van der Waals surface area (Å²) in [6.45, 7) is 2.64. The summed E-state index contributed by atoms with van der Waals surface area (Å²) in [4.78, 5) is 21.0. The van der Waals surface area contributed by atoms with E-state index in [0.29, 0.717) is 34.2 Å². The van der Waals surface area contributed by atoms with Crippen molar-refractivity contribution in [2.45, 2.75) is 32.5 Å². The zero-order valence-electron chi connectivity index (χ0n) is 15.5. The van der Waals surface area contributed by atoms with E-state index in [1.807, 2.05) is 6.07 Å². The molecule has 5 nitrogen and oxygen atoms in total. The van der Waals surface area contributed by atoms with Crippen LogP contribution < -0.4 is 10.1 Å². The van der Waals surface area contributed by atoms with Crippen molar-refractivity contribution in [2.24, 2.45) is 5.92 Å². The van der Waals surface area contributed by atoms with Crippen molar-refractivity contribution in [3.8, 4) is 5.88 Å². The van der Waals surface area contributed by atoms with Gasteiger partial charge in [0.25, 0.3) is 5.91 Å². The topological polar surface area (TPSA) is 64.1 Å². The lowest BCUT2D eigenvalue weighted by molar-refractivity contribution is -0.140. The molecule has 0 unspecified atom stereocenters. The minimum atomic E-state index is -4.52. The van der Waals surface area contributed by atoms with Gasteiger partial charge in [0, 0.05) is 24.2 Å². The second-order valence-electron chi connectivity index (χ2n) is 7.04. The summed E-state index contributed by atoms with van der Waals surface area (Å²) >= 11 is 0.956. The predicted octanol–water partition coefficient (Wildman–Crippen LogP) is 4.74. The van der Waals surface area contributed by atoms with Gasteiger partial charge in [-0.15, -0.1) is 11.3 Å². The fraction of sp³-hybridized carbons (Fsp3) is 0.350. The molecule has 3 heterocycles. The van der Waals surface area contributed by atoms with Gasteiger partial charge in [-0.25, -0.2) is 9.97 Å². The highest BCUT2D eigenvalue weighted by molar-refractivity contribution is 7.20. The minimum absolute atomic E-state index is 0.196. The van der Waals surface area contributed by atoms with Gasteiger partial charge in [0.2, 0.25) is 5.88 Å². The largest absolute Gasteiger partial charge is 0.477 e. The molecular formula is C20H18F3N3O2S. The zero-order valence-corrected chi connectivity index (χ0v) is 16.4. The summed E-state index contributed by atoms with van der Waals surface area (Å²) in [6, 6.07) is 5.88. The van der Waals surface area contributed by atoms with Crippen LogP contribution in [0.25, 0.3) is 10.2 Å². The molecule has 4 rings (SSSR count). The van der Waals surface area contributed by atoms with E-state index in [1.165, 1.54) is 18.9 Å². The highest BCUT2D eigenvalue weighted by atomic mass is 32.1. The first-order valence-corrected chi connectivity index (χ1v) is 9.96. The Bertz CT molecular complexity index is 1040. The van der Waals surface area contributed by atoms with Gasteiger partial charge in [-0.1, -0.05) is 6.07 Å². The van der Waals surface area contributed by atoms with E-state index in [-0.39, 0.29) is 17.3 Å². The number of nitrogens with zero attached hydrogens (tertiary/aromatic N) is 2. The third-order valence-corrected chi connectivity index (χ3v) is 5.92. The Labute approximate surface area is 168 Å². The maximum absolute atomic E-state index is 12.9. The van der Waals surface area contributed by atoms with Gasteiger partial charge in [-0.2, -0.15) is 13.2 Å². The van der Waals surface area contributed by atoms with Gasteiger partial charge in [0.1, 0.15) is 10.5 Å². The van der Waals surface area contributed by atoms with E-state index in [4.69, 9.17) is 4.74 Å². The van der Waals surface area contributed by atoms with Gasteiger partial charge in [-0.05, 0) is 48.9 Å². The van der Waals surface area contributed by atoms with Crippen LogP contribution >= 0.6 is 11.3 Å². The highest BCUT2D eigenvalue weighted by Crippen LogP contribution is 2.34. The van der Waals surface area contributed by atoms with Crippen molar-refractivity contribution in [3.05, 3.63) is 52.2 Å². The first-order chi connectivity index (χ1) is 13.8. The molecule has 9 heteroatoms. The summed E-state index contributed by atoms with van der Waals surface area (Å²) in [5.74, 6) is 0.842. The van der Waals surface area contributed by atoms with E-state index < -0.39 is 11.9 Å². The van der Waals surface area contributed by atoms with Crippen LogP contribution in [-0.2, 0) is 12.7 Å². The van der Waals surface area contributed by atoms with E-state index >= 15 is 0 Å². The molecule has 1 aliphatic carbocycles. The Morgan fingerprint density at radius 3 is 2.72 bits per heavy atom. The Morgan fingerprint density at radius 1 is 1.28 bits per heavy atom. The fourth-order valence-electron chi connectivity index (χ4n) is 2.82. The molecule has 1 saturated carbocycles. The number of hydrogen-bond donors (Lipinski definition) is 1. The molecule has 1 N–H and O–H groups in total. The van der Waals surface area contributed by atoms with Gasteiger partial charge < -0.3 is 10.1 Å². The second kappa shape index (κ2) is 7.62. The third-order valence-electron chi connectivity index (χ3n) is 4.71. The number of halogens is 3. The fourth-order valence-corrected chi connectivity index (χ4v) is 3.92. The molecule has 0 radical (unpaired) electrons. The number of thiophene rings is 1. The van der Waals surface area contributed by atoms with Crippen LogP contribution in [-0.4, -0.2) is 22.5 Å². The number of ether oxygens (including phenoxy) is 1. The quantitative estimate of drug-likeness (QED) is 0.625. The number of carbonyl (C=O) groups is 1. The van der Waals surface area contributed by atoms with Crippen molar-refractivity contribution in [1.82, 2.24) is 15.3 Å². The molecule has 1 fully saturated rings. The van der Waals surface area contributed by atoms with Crippen LogP contribution in [0.5, 0.6) is 5.88 Å². The molecule has 3 aromatic rings. The first kappa shape index (κ1) is 19.6. The van der Waals surface area contributed by atoms with Crippen LogP contribution in [0.3, 0.4) is 0 Å². The molecule has 0 spiro atoms. The highest BCUT2D eigenvalue weighted by Gasteiger charge is 2.33. The molecule has 152 valence electrons. The smallest absolute Gasteiger partial charge is 0.433 e. The van der Waals surface area contributed by atoms with Gasteiger partial charge in [0.05, 0.1) is 11.5 Å². The Hall–Kier alpha value is -2.68. The molecule has 1 aliphatic rings. The minimum Gasteiger partial charge on any atom is -0.477 e. The van der Waals surface area contributed by atoms with Crippen LogP contribution in [0, 0.1) is 12.8 Å². The van der Waals surface area contributed by atoms with Crippen LogP contribution in [0.15, 0.2) is 30.5 Å².